The Labute approximate surface area is 184 Å². The lowest BCUT2D eigenvalue weighted by atomic mass is 10.1. The van der Waals surface area contributed by atoms with Crippen molar-refractivity contribution in [3.8, 4) is 0 Å². The van der Waals surface area contributed by atoms with E-state index < -0.39 is 11.2 Å². The predicted molar refractivity (Wildman–Crippen MR) is 124 cm³/mol. The summed E-state index contributed by atoms with van der Waals surface area (Å²) in [4.78, 5) is 41.2. The Kier molecular flexibility index (Phi) is 6.58. The van der Waals surface area contributed by atoms with Crippen LogP contribution in [0.1, 0.15) is 12.5 Å². The monoisotopic (exact) mass is 435 g/mol. The van der Waals surface area contributed by atoms with E-state index in [9.17, 15) is 14.4 Å². The Morgan fingerprint density at radius 2 is 1.88 bits per heavy atom. The molecule has 1 amide bonds. The number of aromatic nitrogens is 4. The molecule has 0 unspecified atom stereocenters. The number of ether oxygens (including phenoxy) is 1. The van der Waals surface area contributed by atoms with Crippen molar-refractivity contribution in [3.05, 3.63) is 87.6 Å². The zero-order valence-corrected chi connectivity index (χ0v) is 18.5. The zero-order valence-electron chi connectivity index (χ0n) is 18.5. The molecule has 0 aliphatic heterocycles. The minimum atomic E-state index is -0.502. The van der Waals surface area contributed by atoms with Crippen LogP contribution in [0.3, 0.4) is 0 Å². The second-order valence-electron chi connectivity index (χ2n) is 7.15. The molecule has 0 fully saturated rings. The number of carbonyl (C=O) groups excluding carboxylic acids is 1. The largest absolute Gasteiger partial charge is 0.497 e. The molecule has 0 atom stereocenters. The third kappa shape index (κ3) is 4.46. The number of benzene rings is 1. The van der Waals surface area contributed by atoms with Crippen LogP contribution >= 0.6 is 0 Å². The number of anilines is 1. The number of rotatable bonds is 7. The number of methoxy groups -OCH3 is 1. The fourth-order valence-electron chi connectivity index (χ4n) is 3.23. The molecule has 2 heterocycles. The molecule has 0 bridgehead atoms. The molecule has 32 heavy (non-hydrogen) atoms. The number of hydrogen-bond donors (Lipinski definition) is 1. The molecular weight excluding hydrogens is 410 g/mol. The van der Waals surface area contributed by atoms with Gasteiger partial charge in [0.25, 0.3) is 5.56 Å². The summed E-state index contributed by atoms with van der Waals surface area (Å²) in [5.74, 6) is 0.354. The van der Waals surface area contributed by atoms with Crippen LogP contribution in [0.4, 0.5) is 5.69 Å². The maximum atomic E-state index is 12.6. The van der Waals surface area contributed by atoms with Crippen molar-refractivity contribution in [3.63, 3.8) is 0 Å². The van der Waals surface area contributed by atoms with Gasteiger partial charge in [-0.25, -0.2) is 9.78 Å². The minimum absolute atomic E-state index is 0.123. The van der Waals surface area contributed by atoms with Crippen LogP contribution in [-0.2, 0) is 30.2 Å². The van der Waals surface area contributed by atoms with Crippen molar-refractivity contribution in [2.75, 3.05) is 12.4 Å². The molecule has 166 valence electrons. The molecule has 2 aromatic heterocycles. The standard InChI is InChI=1S/C23H25N5O4/c1-6-7-18(32-5)12-15(2)16-8-10-17(11-9-16)25-19(29)13-28-14-24-21-20(28)22(30)27(4)23(31)26(21)3/h6-12,14H,2,13H2,1,3-5H3,(H,25,29)/b7-6-,18-12+. The van der Waals surface area contributed by atoms with E-state index in [4.69, 9.17) is 4.74 Å². The summed E-state index contributed by atoms with van der Waals surface area (Å²) >= 11 is 0. The van der Waals surface area contributed by atoms with Gasteiger partial charge in [-0.05, 0) is 42.3 Å². The van der Waals surface area contributed by atoms with E-state index in [1.54, 1.807) is 19.2 Å². The summed E-state index contributed by atoms with van der Waals surface area (Å²) in [5, 5.41) is 2.80. The highest BCUT2D eigenvalue weighted by molar-refractivity contribution is 5.91. The second kappa shape index (κ2) is 9.34. The van der Waals surface area contributed by atoms with Crippen LogP contribution < -0.4 is 16.6 Å². The van der Waals surface area contributed by atoms with E-state index in [1.165, 1.54) is 29.6 Å². The van der Waals surface area contributed by atoms with Crippen molar-refractivity contribution in [2.24, 2.45) is 14.1 Å². The quantitative estimate of drug-likeness (QED) is 0.453. The molecule has 0 radical (unpaired) electrons. The topological polar surface area (TPSA) is 100 Å². The third-order valence-electron chi connectivity index (χ3n) is 4.95. The summed E-state index contributed by atoms with van der Waals surface area (Å²) in [6.07, 6.45) is 6.92. The molecule has 0 aliphatic rings. The van der Waals surface area contributed by atoms with Gasteiger partial charge >= 0.3 is 5.69 Å². The average molecular weight is 435 g/mol. The lowest BCUT2D eigenvalue weighted by Crippen LogP contribution is -2.37. The molecule has 0 spiro atoms. The van der Waals surface area contributed by atoms with Crippen molar-refractivity contribution >= 4 is 28.3 Å². The third-order valence-corrected chi connectivity index (χ3v) is 4.95. The first kappa shape index (κ1) is 22.5. The lowest BCUT2D eigenvalue weighted by molar-refractivity contribution is -0.116. The first-order valence-electron chi connectivity index (χ1n) is 9.85. The molecule has 0 saturated heterocycles. The SMILES string of the molecule is C=C(/C=C(\C=C/C)OC)c1ccc(NC(=O)Cn2cnc3c2c(=O)n(C)c(=O)n3C)cc1. The molecule has 0 saturated carbocycles. The van der Waals surface area contributed by atoms with Crippen LogP contribution in [0, 0.1) is 0 Å². The Balaban J connectivity index is 1.76. The number of fused-ring (bicyclic) bond motifs is 1. The number of hydrogen-bond acceptors (Lipinski definition) is 5. The number of carbonyl (C=O) groups is 1. The van der Waals surface area contributed by atoms with Crippen molar-refractivity contribution < 1.29 is 9.53 Å². The number of aryl methyl sites for hydroxylation is 1. The smallest absolute Gasteiger partial charge is 0.332 e. The van der Waals surface area contributed by atoms with Gasteiger partial charge in [-0.15, -0.1) is 0 Å². The van der Waals surface area contributed by atoms with Crippen molar-refractivity contribution in [1.29, 1.82) is 0 Å². The Morgan fingerprint density at radius 1 is 1.19 bits per heavy atom. The molecule has 1 N–H and O–H groups in total. The van der Waals surface area contributed by atoms with E-state index in [0.717, 1.165) is 15.7 Å². The molecule has 1 aromatic carbocycles. The first-order chi connectivity index (χ1) is 15.3. The van der Waals surface area contributed by atoms with E-state index in [0.29, 0.717) is 11.4 Å². The molecular formula is C23H25N5O4. The number of nitrogens with one attached hydrogen (secondary N) is 1. The highest BCUT2D eigenvalue weighted by Gasteiger charge is 2.16. The number of allylic oxidation sites excluding steroid dienone is 4. The van der Waals surface area contributed by atoms with Gasteiger partial charge in [0.2, 0.25) is 5.91 Å². The summed E-state index contributed by atoms with van der Waals surface area (Å²) in [6, 6.07) is 7.22. The van der Waals surface area contributed by atoms with Gasteiger partial charge < -0.3 is 14.6 Å². The van der Waals surface area contributed by atoms with E-state index >= 15 is 0 Å². The van der Waals surface area contributed by atoms with Gasteiger partial charge in [0, 0.05) is 19.8 Å². The summed E-state index contributed by atoms with van der Waals surface area (Å²) in [7, 11) is 4.51. The molecule has 0 aliphatic carbocycles. The highest BCUT2D eigenvalue weighted by Crippen LogP contribution is 2.19. The lowest BCUT2D eigenvalue weighted by Gasteiger charge is -2.09. The fraction of sp³-hybridized carbons (Fsp3) is 0.217. The first-order valence-corrected chi connectivity index (χ1v) is 9.85. The molecule has 9 nitrogen and oxygen atoms in total. The van der Waals surface area contributed by atoms with Gasteiger partial charge in [0.1, 0.15) is 12.3 Å². The zero-order chi connectivity index (χ0) is 23.4. The molecule has 3 rings (SSSR count). The van der Waals surface area contributed by atoms with Crippen LogP contribution in [-0.4, -0.2) is 31.7 Å². The molecule has 3 aromatic rings. The number of imidazole rings is 1. The normalized spacial score (nSPS) is 11.8. The highest BCUT2D eigenvalue weighted by atomic mass is 16.5. The van der Waals surface area contributed by atoms with Gasteiger partial charge in [0.15, 0.2) is 11.2 Å². The van der Waals surface area contributed by atoms with Gasteiger partial charge in [0.05, 0.1) is 13.4 Å². The van der Waals surface area contributed by atoms with E-state index in [1.807, 2.05) is 37.3 Å². The van der Waals surface area contributed by atoms with E-state index in [-0.39, 0.29) is 23.6 Å². The van der Waals surface area contributed by atoms with Gasteiger partial charge in [-0.2, -0.15) is 0 Å². The predicted octanol–water partition coefficient (Wildman–Crippen LogP) is 2.19. The van der Waals surface area contributed by atoms with Gasteiger partial charge in [-0.1, -0.05) is 24.8 Å². The van der Waals surface area contributed by atoms with Crippen molar-refractivity contribution in [2.45, 2.75) is 13.5 Å². The van der Waals surface area contributed by atoms with Crippen LogP contribution in [0.2, 0.25) is 0 Å². The number of nitrogens with zero attached hydrogens (tertiary/aromatic N) is 4. The van der Waals surface area contributed by atoms with Crippen LogP contribution in [0.25, 0.3) is 16.7 Å². The number of amides is 1. The summed E-state index contributed by atoms with van der Waals surface area (Å²) in [5.41, 5.74) is 1.69. The van der Waals surface area contributed by atoms with Crippen LogP contribution in [0.5, 0.6) is 0 Å². The summed E-state index contributed by atoms with van der Waals surface area (Å²) < 4.78 is 8.97. The Hall–Kier alpha value is -4.14. The second-order valence-corrected chi connectivity index (χ2v) is 7.15. The van der Waals surface area contributed by atoms with E-state index in [2.05, 4.69) is 16.9 Å². The minimum Gasteiger partial charge on any atom is -0.497 e. The summed E-state index contributed by atoms with van der Waals surface area (Å²) in [6.45, 7) is 5.83. The molecule has 9 heteroatoms. The Bertz CT molecular complexity index is 1350. The maximum absolute atomic E-state index is 12.6. The van der Waals surface area contributed by atoms with Crippen molar-refractivity contribution in [1.82, 2.24) is 18.7 Å². The van der Waals surface area contributed by atoms with Crippen LogP contribution in [0.15, 0.2) is 70.7 Å². The maximum Gasteiger partial charge on any atom is 0.332 e. The average Bonchev–Trinajstić information content (AvgIpc) is 3.19. The Morgan fingerprint density at radius 3 is 2.50 bits per heavy atom. The fourth-order valence-corrected chi connectivity index (χ4v) is 3.23. The van der Waals surface area contributed by atoms with Gasteiger partial charge in [-0.3, -0.25) is 18.7 Å².